The molecule has 1 fully saturated rings. The number of ether oxygens (including phenoxy) is 1. The number of carbonyl (C=O) groups is 1. The van der Waals surface area contributed by atoms with Gasteiger partial charge in [-0.3, -0.25) is 4.79 Å². The number of aromatic nitrogens is 1. The van der Waals surface area contributed by atoms with Crippen LogP contribution in [0.4, 0.5) is 0 Å². The number of nitrogens with one attached hydrogen (secondary N) is 1. The molecule has 1 saturated heterocycles. The van der Waals surface area contributed by atoms with E-state index in [9.17, 15) is 4.79 Å². The fourth-order valence-electron chi connectivity index (χ4n) is 3.13. The van der Waals surface area contributed by atoms with E-state index in [1.54, 1.807) is 18.3 Å². The van der Waals surface area contributed by atoms with Gasteiger partial charge >= 0.3 is 0 Å². The van der Waals surface area contributed by atoms with E-state index in [0.717, 1.165) is 44.1 Å². The number of hydrogen-bond donors (Lipinski definition) is 1. The van der Waals surface area contributed by atoms with Crippen molar-refractivity contribution in [3.05, 3.63) is 54.2 Å². The molecular formula is C20H27Cl2N3O2. The van der Waals surface area contributed by atoms with Crippen molar-refractivity contribution in [3.63, 3.8) is 0 Å². The maximum absolute atomic E-state index is 12.6. The van der Waals surface area contributed by atoms with Crippen molar-refractivity contribution >= 4 is 30.7 Å². The minimum absolute atomic E-state index is 0. The number of likely N-dealkylation sites (tertiary alicyclic amines) is 1. The topological polar surface area (TPSA) is 54.5 Å². The standard InChI is InChI=1S/C20H25N3O2.2ClH/c1-21-12-9-16-10-13-23(14-11-16)20(24)17-7-8-19(22-15-17)25-18-5-3-2-4-6-18;;/h2-8,15-16,21H,9-14H2,1H3;2*1H. The SMILES string of the molecule is CNCCC1CCN(C(=O)c2ccc(Oc3ccccc3)nc2)CC1.Cl.Cl. The van der Waals surface area contributed by atoms with Gasteiger partial charge in [0.1, 0.15) is 5.75 Å². The Morgan fingerprint density at radius 1 is 1.15 bits per heavy atom. The Bertz CT molecular complexity index is 675. The van der Waals surface area contributed by atoms with Crippen LogP contribution >= 0.6 is 24.8 Å². The second kappa shape index (κ2) is 11.8. The molecule has 27 heavy (non-hydrogen) atoms. The molecule has 1 aliphatic heterocycles. The first-order chi connectivity index (χ1) is 12.3. The molecular weight excluding hydrogens is 385 g/mol. The summed E-state index contributed by atoms with van der Waals surface area (Å²) in [5.41, 5.74) is 0.620. The molecule has 5 nitrogen and oxygen atoms in total. The molecule has 0 spiro atoms. The van der Waals surface area contributed by atoms with Crippen LogP contribution in [-0.4, -0.2) is 42.5 Å². The lowest BCUT2D eigenvalue weighted by molar-refractivity contribution is 0.0686. The molecule has 1 N–H and O–H groups in total. The van der Waals surface area contributed by atoms with E-state index in [4.69, 9.17) is 4.74 Å². The molecule has 2 heterocycles. The van der Waals surface area contributed by atoms with E-state index < -0.39 is 0 Å². The number of nitrogens with zero attached hydrogens (tertiary/aromatic N) is 2. The van der Waals surface area contributed by atoms with Gasteiger partial charge in [-0.25, -0.2) is 4.98 Å². The number of halogens is 2. The van der Waals surface area contributed by atoms with E-state index in [-0.39, 0.29) is 30.7 Å². The number of pyridine rings is 1. The molecule has 0 saturated carbocycles. The highest BCUT2D eigenvalue weighted by atomic mass is 35.5. The zero-order valence-corrected chi connectivity index (χ0v) is 17.1. The number of benzene rings is 1. The second-order valence-electron chi connectivity index (χ2n) is 6.43. The average molecular weight is 412 g/mol. The maximum Gasteiger partial charge on any atom is 0.255 e. The Balaban J connectivity index is 0.00000182. The molecule has 0 atom stereocenters. The molecule has 0 aliphatic carbocycles. The Morgan fingerprint density at radius 2 is 1.85 bits per heavy atom. The Kier molecular flexibility index (Phi) is 10.1. The van der Waals surface area contributed by atoms with Crippen LogP contribution in [0, 0.1) is 5.92 Å². The van der Waals surface area contributed by atoms with Crippen LogP contribution in [0.25, 0.3) is 0 Å². The lowest BCUT2D eigenvalue weighted by Crippen LogP contribution is -2.39. The van der Waals surface area contributed by atoms with Gasteiger partial charge in [0.25, 0.3) is 5.91 Å². The molecule has 0 unspecified atom stereocenters. The van der Waals surface area contributed by atoms with Gasteiger partial charge in [-0.2, -0.15) is 0 Å². The molecule has 1 aromatic carbocycles. The molecule has 3 rings (SSSR count). The lowest BCUT2D eigenvalue weighted by atomic mass is 9.93. The summed E-state index contributed by atoms with van der Waals surface area (Å²) in [5.74, 6) is 2.01. The predicted octanol–water partition coefficient (Wildman–Crippen LogP) is 4.18. The number of carbonyl (C=O) groups excluding carboxylic acids is 1. The first-order valence-corrected chi connectivity index (χ1v) is 8.89. The van der Waals surface area contributed by atoms with E-state index in [2.05, 4.69) is 10.3 Å². The quantitative estimate of drug-likeness (QED) is 0.774. The van der Waals surface area contributed by atoms with Crippen molar-refractivity contribution in [2.75, 3.05) is 26.7 Å². The summed E-state index contributed by atoms with van der Waals surface area (Å²) in [4.78, 5) is 18.8. The van der Waals surface area contributed by atoms with Crippen molar-refractivity contribution in [2.45, 2.75) is 19.3 Å². The monoisotopic (exact) mass is 411 g/mol. The second-order valence-corrected chi connectivity index (χ2v) is 6.43. The highest BCUT2D eigenvalue weighted by Crippen LogP contribution is 2.22. The van der Waals surface area contributed by atoms with Gasteiger partial charge in [-0.05, 0) is 57.0 Å². The summed E-state index contributed by atoms with van der Waals surface area (Å²) in [6.07, 6.45) is 4.95. The van der Waals surface area contributed by atoms with Crippen molar-refractivity contribution < 1.29 is 9.53 Å². The lowest BCUT2D eigenvalue weighted by Gasteiger charge is -2.32. The summed E-state index contributed by atoms with van der Waals surface area (Å²) in [6, 6.07) is 13.0. The number of para-hydroxylation sites is 1. The predicted molar refractivity (Wildman–Crippen MR) is 112 cm³/mol. The van der Waals surface area contributed by atoms with E-state index in [1.165, 1.54) is 6.42 Å². The summed E-state index contributed by atoms with van der Waals surface area (Å²) in [7, 11) is 1.98. The first kappa shape index (κ1) is 23.2. The maximum atomic E-state index is 12.6. The van der Waals surface area contributed by atoms with Crippen LogP contribution in [-0.2, 0) is 0 Å². The molecule has 0 bridgehead atoms. The third kappa shape index (κ3) is 6.69. The Labute approximate surface area is 173 Å². The van der Waals surface area contributed by atoms with Gasteiger partial charge < -0.3 is 15.0 Å². The third-order valence-electron chi connectivity index (χ3n) is 4.65. The van der Waals surface area contributed by atoms with Gasteiger partial charge in [0.2, 0.25) is 5.88 Å². The zero-order valence-electron chi connectivity index (χ0n) is 15.5. The van der Waals surface area contributed by atoms with E-state index >= 15 is 0 Å². The molecule has 148 valence electrons. The molecule has 1 amide bonds. The third-order valence-corrected chi connectivity index (χ3v) is 4.65. The van der Waals surface area contributed by atoms with Gasteiger partial charge in [-0.1, -0.05) is 18.2 Å². The molecule has 1 aromatic heterocycles. The molecule has 7 heteroatoms. The van der Waals surface area contributed by atoms with E-state index in [1.807, 2.05) is 42.3 Å². The van der Waals surface area contributed by atoms with Gasteiger partial charge in [0, 0.05) is 25.4 Å². The molecule has 2 aromatic rings. The number of piperidine rings is 1. The van der Waals surface area contributed by atoms with Crippen molar-refractivity contribution in [2.24, 2.45) is 5.92 Å². The van der Waals surface area contributed by atoms with Crippen LogP contribution in [0.15, 0.2) is 48.7 Å². The van der Waals surface area contributed by atoms with Crippen LogP contribution in [0.2, 0.25) is 0 Å². The van der Waals surface area contributed by atoms with Crippen LogP contribution in [0.1, 0.15) is 29.6 Å². The Hall–Kier alpha value is -1.82. The molecule has 1 aliphatic rings. The minimum atomic E-state index is 0. The number of amides is 1. The normalized spacial score (nSPS) is 14.0. The van der Waals surface area contributed by atoms with Gasteiger partial charge in [0.05, 0.1) is 5.56 Å². The smallest absolute Gasteiger partial charge is 0.255 e. The van der Waals surface area contributed by atoms with Crippen LogP contribution < -0.4 is 10.1 Å². The van der Waals surface area contributed by atoms with Crippen molar-refractivity contribution in [3.8, 4) is 11.6 Å². The Morgan fingerprint density at radius 3 is 2.44 bits per heavy atom. The van der Waals surface area contributed by atoms with Crippen LogP contribution in [0.3, 0.4) is 0 Å². The van der Waals surface area contributed by atoms with E-state index in [0.29, 0.717) is 11.4 Å². The van der Waals surface area contributed by atoms with Crippen molar-refractivity contribution in [1.29, 1.82) is 0 Å². The van der Waals surface area contributed by atoms with Crippen molar-refractivity contribution in [1.82, 2.24) is 15.2 Å². The fraction of sp³-hybridized carbons (Fsp3) is 0.400. The highest BCUT2D eigenvalue weighted by molar-refractivity contribution is 5.94. The van der Waals surface area contributed by atoms with Gasteiger partial charge in [0.15, 0.2) is 0 Å². The summed E-state index contributed by atoms with van der Waals surface area (Å²) < 4.78 is 5.67. The summed E-state index contributed by atoms with van der Waals surface area (Å²) in [5, 5.41) is 3.20. The molecule has 0 radical (unpaired) electrons. The highest BCUT2D eigenvalue weighted by Gasteiger charge is 2.23. The summed E-state index contributed by atoms with van der Waals surface area (Å²) in [6.45, 7) is 2.70. The number of rotatable bonds is 6. The van der Waals surface area contributed by atoms with Gasteiger partial charge in [-0.15, -0.1) is 24.8 Å². The average Bonchev–Trinajstić information content (AvgIpc) is 2.68. The first-order valence-electron chi connectivity index (χ1n) is 8.89. The largest absolute Gasteiger partial charge is 0.439 e. The van der Waals surface area contributed by atoms with Crippen LogP contribution in [0.5, 0.6) is 11.6 Å². The minimum Gasteiger partial charge on any atom is -0.439 e. The fourth-order valence-corrected chi connectivity index (χ4v) is 3.13. The summed E-state index contributed by atoms with van der Waals surface area (Å²) >= 11 is 0. The number of hydrogen-bond acceptors (Lipinski definition) is 4. The zero-order chi connectivity index (χ0) is 17.5.